The van der Waals surface area contributed by atoms with Crippen molar-refractivity contribution in [3.05, 3.63) is 59.4 Å². The van der Waals surface area contributed by atoms with Crippen LogP contribution in [0.15, 0.2) is 42.7 Å². The summed E-state index contributed by atoms with van der Waals surface area (Å²) in [5, 5.41) is 0. The van der Waals surface area contributed by atoms with Gasteiger partial charge in [-0.15, -0.1) is 0 Å². The number of carbonyl (C=O) groups is 2. The minimum absolute atomic E-state index is 0.146. The molecule has 32 heavy (non-hydrogen) atoms. The molecule has 0 bridgehead atoms. The van der Waals surface area contributed by atoms with Crippen LogP contribution >= 0.6 is 0 Å². The van der Waals surface area contributed by atoms with Crippen LogP contribution in [0.4, 0.5) is 0 Å². The molecule has 3 heterocycles. The summed E-state index contributed by atoms with van der Waals surface area (Å²) in [7, 11) is 0. The Morgan fingerprint density at radius 1 is 1.12 bits per heavy atom. The molecule has 2 aliphatic heterocycles. The normalized spacial score (nSPS) is 25.8. The standard InChI is InChI=1S/C26H28N2O4/c29-23-21-15-27-13-9-22(21)26(32-23)12-14-28(17-26)24(30)25(10-11-25)19-5-7-20(8-6-19)31-16-18-3-1-2-4-18/h5-9,13,15,18H,1-4,10-12,14,16-17H2. The second-order valence-corrected chi connectivity index (χ2v) is 9.85. The van der Waals surface area contributed by atoms with Crippen molar-refractivity contribution in [1.29, 1.82) is 0 Å². The van der Waals surface area contributed by atoms with Crippen molar-refractivity contribution in [2.45, 2.75) is 56.0 Å². The fourth-order valence-corrected chi connectivity index (χ4v) is 5.82. The molecule has 0 radical (unpaired) electrons. The zero-order chi connectivity index (χ0) is 21.8. The van der Waals surface area contributed by atoms with Crippen LogP contribution in [-0.4, -0.2) is 41.5 Å². The number of pyridine rings is 1. The molecule has 2 saturated carbocycles. The molecule has 1 atom stereocenters. The molecule has 1 aromatic heterocycles. The van der Waals surface area contributed by atoms with E-state index in [2.05, 4.69) is 17.1 Å². The van der Waals surface area contributed by atoms with E-state index in [-0.39, 0.29) is 11.9 Å². The van der Waals surface area contributed by atoms with Crippen molar-refractivity contribution in [2.75, 3.05) is 19.7 Å². The summed E-state index contributed by atoms with van der Waals surface area (Å²) in [4.78, 5) is 31.9. The fraction of sp³-hybridized carbons (Fsp3) is 0.500. The third-order valence-corrected chi connectivity index (χ3v) is 7.87. The largest absolute Gasteiger partial charge is 0.493 e. The van der Waals surface area contributed by atoms with Crippen molar-refractivity contribution < 1.29 is 19.1 Å². The zero-order valence-electron chi connectivity index (χ0n) is 18.2. The van der Waals surface area contributed by atoms with Crippen molar-refractivity contribution in [2.24, 2.45) is 5.92 Å². The van der Waals surface area contributed by atoms with E-state index in [9.17, 15) is 9.59 Å². The topological polar surface area (TPSA) is 68.7 Å². The molecule has 4 aliphatic rings. The molecular formula is C26H28N2O4. The first-order valence-electron chi connectivity index (χ1n) is 11.8. The summed E-state index contributed by atoms with van der Waals surface area (Å²) >= 11 is 0. The first-order chi connectivity index (χ1) is 15.6. The number of nitrogens with zero attached hydrogens (tertiary/aromatic N) is 2. The van der Waals surface area contributed by atoms with Crippen LogP contribution in [0.5, 0.6) is 5.75 Å². The van der Waals surface area contributed by atoms with Gasteiger partial charge in [-0.2, -0.15) is 0 Å². The number of hydrogen-bond acceptors (Lipinski definition) is 5. The molecule has 1 saturated heterocycles. The van der Waals surface area contributed by atoms with Gasteiger partial charge in [-0.1, -0.05) is 25.0 Å². The van der Waals surface area contributed by atoms with Crippen LogP contribution in [0, 0.1) is 5.92 Å². The van der Waals surface area contributed by atoms with Gasteiger partial charge in [0.1, 0.15) is 5.75 Å². The Balaban J connectivity index is 1.15. The van der Waals surface area contributed by atoms with Gasteiger partial charge >= 0.3 is 5.97 Å². The smallest absolute Gasteiger partial charge is 0.341 e. The van der Waals surface area contributed by atoms with Crippen molar-refractivity contribution >= 4 is 11.9 Å². The Morgan fingerprint density at radius 3 is 2.66 bits per heavy atom. The maximum Gasteiger partial charge on any atom is 0.341 e. The Kier molecular flexibility index (Phi) is 4.52. The minimum atomic E-state index is -0.723. The molecule has 1 unspecified atom stereocenters. The molecule has 1 spiro atoms. The van der Waals surface area contributed by atoms with E-state index in [1.54, 1.807) is 12.4 Å². The lowest BCUT2D eigenvalue weighted by molar-refractivity contribution is -0.134. The molecular weight excluding hydrogens is 404 g/mol. The van der Waals surface area contributed by atoms with Gasteiger partial charge in [0, 0.05) is 30.9 Å². The summed E-state index contributed by atoms with van der Waals surface area (Å²) in [5.41, 5.74) is 1.28. The summed E-state index contributed by atoms with van der Waals surface area (Å²) in [6, 6.07) is 9.97. The molecule has 6 nitrogen and oxygen atoms in total. The van der Waals surface area contributed by atoms with Crippen molar-refractivity contribution in [3.63, 3.8) is 0 Å². The number of carbonyl (C=O) groups excluding carboxylic acids is 2. The summed E-state index contributed by atoms with van der Waals surface area (Å²) in [6.45, 7) is 1.80. The molecule has 6 rings (SSSR count). The van der Waals surface area contributed by atoms with E-state index in [4.69, 9.17) is 9.47 Å². The highest BCUT2D eigenvalue weighted by Crippen LogP contribution is 2.52. The van der Waals surface area contributed by atoms with E-state index < -0.39 is 11.0 Å². The van der Waals surface area contributed by atoms with Crippen molar-refractivity contribution in [1.82, 2.24) is 9.88 Å². The zero-order valence-corrected chi connectivity index (χ0v) is 18.2. The molecule has 2 aliphatic carbocycles. The third kappa shape index (κ3) is 3.11. The average molecular weight is 433 g/mol. The highest BCUT2D eigenvalue weighted by molar-refractivity contribution is 5.95. The van der Waals surface area contributed by atoms with Gasteiger partial charge in [0.05, 0.1) is 24.1 Å². The summed E-state index contributed by atoms with van der Waals surface area (Å²) < 4.78 is 11.8. The maximum atomic E-state index is 13.6. The van der Waals surface area contributed by atoms with Crippen LogP contribution in [0.1, 0.15) is 66.4 Å². The van der Waals surface area contributed by atoms with Crippen molar-refractivity contribution in [3.8, 4) is 5.75 Å². The Labute approximate surface area is 187 Å². The summed E-state index contributed by atoms with van der Waals surface area (Å²) in [6.07, 6.45) is 10.8. The molecule has 3 fully saturated rings. The van der Waals surface area contributed by atoms with Gasteiger partial charge in [0.2, 0.25) is 5.91 Å². The van der Waals surface area contributed by atoms with Gasteiger partial charge in [0.15, 0.2) is 5.60 Å². The highest BCUT2D eigenvalue weighted by Gasteiger charge is 2.57. The van der Waals surface area contributed by atoms with Crippen LogP contribution in [0.25, 0.3) is 0 Å². The van der Waals surface area contributed by atoms with Gasteiger partial charge in [-0.05, 0) is 55.4 Å². The highest BCUT2D eigenvalue weighted by atomic mass is 16.6. The monoisotopic (exact) mass is 432 g/mol. The van der Waals surface area contributed by atoms with E-state index in [1.165, 1.54) is 25.7 Å². The molecule has 0 N–H and O–H groups in total. The average Bonchev–Trinajstić information content (AvgIpc) is 3.16. The lowest BCUT2D eigenvalue weighted by Crippen LogP contribution is -2.40. The Bertz CT molecular complexity index is 1060. The number of likely N-dealkylation sites (tertiary alicyclic amines) is 1. The van der Waals surface area contributed by atoms with Crippen LogP contribution in [-0.2, 0) is 20.5 Å². The molecule has 1 aromatic carbocycles. The molecule has 6 heteroatoms. The number of benzene rings is 1. The SMILES string of the molecule is O=C1OC2(CCN(C(=O)C3(c4ccc(OCC5CCCC5)cc4)CC3)C2)c2ccncc21. The predicted molar refractivity (Wildman–Crippen MR) is 117 cm³/mol. The Hall–Kier alpha value is -2.89. The number of aromatic nitrogens is 1. The third-order valence-electron chi connectivity index (χ3n) is 7.87. The van der Waals surface area contributed by atoms with Gasteiger partial charge < -0.3 is 14.4 Å². The number of amides is 1. The maximum absolute atomic E-state index is 13.6. The predicted octanol–water partition coefficient (Wildman–Crippen LogP) is 3.98. The van der Waals surface area contributed by atoms with Gasteiger partial charge in [-0.25, -0.2) is 4.79 Å². The minimum Gasteiger partial charge on any atom is -0.493 e. The van der Waals surface area contributed by atoms with Gasteiger partial charge in [-0.3, -0.25) is 9.78 Å². The molecule has 2 aromatic rings. The number of esters is 1. The van der Waals surface area contributed by atoms with E-state index in [1.807, 2.05) is 23.1 Å². The van der Waals surface area contributed by atoms with E-state index >= 15 is 0 Å². The number of hydrogen-bond donors (Lipinski definition) is 0. The van der Waals surface area contributed by atoms with Crippen LogP contribution in [0.3, 0.4) is 0 Å². The van der Waals surface area contributed by atoms with Crippen LogP contribution < -0.4 is 4.74 Å². The summed E-state index contributed by atoms with van der Waals surface area (Å²) in [5.74, 6) is 1.37. The lowest BCUT2D eigenvalue weighted by atomic mass is 9.92. The van der Waals surface area contributed by atoms with E-state index in [0.717, 1.165) is 36.3 Å². The number of fused-ring (bicyclic) bond motifs is 2. The lowest BCUT2D eigenvalue weighted by Gasteiger charge is -2.27. The Morgan fingerprint density at radius 2 is 1.91 bits per heavy atom. The molecule has 166 valence electrons. The number of ether oxygens (including phenoxy) is 2. The molecule has 1 amide bonds. The second kappa shape index (κ2) is 7.32. The second-order valence-electron chi connectivity index (χ2n) is 9.85. The van der Waals surface area contributed by atoms with E-state index in [0.29, 0.717) is 31.0 Å². The quantitative estimate of drug-likeness (QED) is 0.669. The first-order valence-corrected chi connectivity index (χ1v) is 11.8. The van der Waals surface area contributed by atoms with Gasteiger partial charge in [0.25, 0.3) is 0 Å². The fourth-order valence-electron chi connectivity index (χ4n) is 5.82. The first kappa shape index (κ1) is 19.8. The van der Waals surface area contributed by atoms with Crippen LogP contribution in [0.2, 0.25) is 0 Å². The number of rotatable bonds is 5.